The molecule has 0 radical (unpaired) electrons. The van der Waals surface area contributed by atoms with Gasteiger partial charge in [-0.15, -0.1) is 0 Å². The van der Waals surface area contributed by atoms with Crippen LogP contribution in [0.4, 0.5) is 4.79 Å². The van der Waals surface area contributed by atoms with Gasteiger partial charge in [0.25, 0.3) is 0 Å². The van der Waals surface area contributed by atoms with Crippen LogP contribution in [0.2, 0.25) is 0 Å². The number of carbonyl (C=O) groups excluding carboxylic acids is 1. The van der Waals surface area contributed by atoms with Crippen LogP contribution in [0.25, 0.3) is 0 Å². The third-order valence-corrected chi connectivity index (χ3v) is 3.69. The molecule has 1 heterocycles. The number of nitrogens with zero attached hydrogens (tertiary/aromatic N) is 1. The van der Waals surface area contributed by atoms with Gasteiger partial charge in [-0.05, 0) is 51.9 Å². The SMILES string of the molecule is CC(C)(C)OC(=O)N1CC[C@@H]2C[C@@H](O)C[C@@H]2C1. The number of fused-ring (bicyclic) bond motifs is 1. The van der Waals surface area contributed by atoms with Gasteiger partial charge in [0.15, 0.2) is 0 Å². The quantitative estimate of drug-likeness (QED) is 0.706. The Morgan fingerprint density at radius 2 is 1.94 bits per heavy atom. The minimum atomic E-state index is -0.427. The highest BCUT2D eigenvalue weighted by atomic mass is 16.6. The van der Waals surface area contributed by atoms with Crippen LogP contribution in [0.1, 0.15) is 40.0 Å². The molecule has 1 saturated carbocycles. The minimum absolute atomic E-state index is 0.163. The maximum Gasteiger partial charge on any atom is 0.410 e. The van der Waals surface area contributed by atoms with Crippen molar-refractivity contribution in [2.24, 2.45) is 11.8 Å². The van der Waals surface area contributed by atoms with Crippen LogP contribution in [0.5, 0.6) is 0 Å². The fraction of sp³-hybridized carbons (Fsp3) is 0.923. The largest absolute Gasteiger partial charge is 0.444 e. The van der Waals surface area contributed by atoms with Crippen molar-refractivity contribution in [3.8, 4) is 0 Å². The fourth-order valence-electron chi connectivity index (χ4n) is 2.95. The van der Waals surface area contributed by atoms with E-state index in [-0.39, 0.29) is 12.2 Å². The van der Waals surface area contributed by atoms with Gasteiger partial charge in [0, 0.05) is 13.1 Å². The second kappa shape index (κ2) is 4.48. The number of likely N-dealkylation sites (tertiary alicyclic amines) is 1. The molecule has 1 aliphatic heterocycles. The highest BCUT2D eigenvalue weighted by Crippen LogP contribution is 2.38. The Morgan fingerprint density at radius 3 is 2.59 bits per heavy atom. The average molecular weight is 241 g/mol. The van der Waals surface area contributed by atoms with E-state index in [0.29, 0.717) is 11.8 Å². The molecule has 17 heavy (non-hydrogen) atoms. The Morgan fingerprint density at radius 1 is 1.29 bits per heavy atom. The maximum atomic E-state index is 11.9. The van der Waals surface area contributed by atoms with Gasteiger partial charge in [0.2, 0.25) is 0 Å². The lowest BCUT2D eigenvalue weighted by atomic mass is 9.89. The first-order valence-electron chi connectivity index (χ1n) is 6.51. The first kappa shape index (κ1) is 12.7. The zero-order valence-corrected chi connectivity index (χ0v) is 11.0. The van der Waals surface area contributed by atoms with Gasteiger partial charge in [0.05, 0.1) is 6.10 Å². The van der Waals surface area contributed by atoms with Gasteiger partial charge in [-0.1, -0.05) is 0 Å². The van der Waals surface area contributed by atoms with E-state index in [4.69, 9.17) is 4.74 Å². The van der Waals surface area contributed by atoms with Crippen molar-refractivity contribution in [2.75, 3.05) is 13.1 Å². The van der Waals surface area contributed by atoms with Crippen LogP contribution in [0.3, 0.4) is 0 Å². The Bertz CT molecular complexity index is 298. The third-order valence-electron chi connectivity index (χ3n) is 3.69. The van der Waals surface area contributed by atoms with Crippen molar-refractivity contribution in [3.63, 3.8) is 0 Å². The summed E-state index contributed by atoms with van der Waals surface area (Å²) in [6.07, 6.45) is 2.37. The molecular formula is C13H23NO3. The highest BCUT2D eigenvalue weighted by molar-refractivity contribution is 5.68. The van der Waals surface area contributed by atoms with Crippen molar-refractivity contribution in [1.82, 2.24) is 4.90 Å². The standard InChI is InChI=1S/C13H23NO3/c1-13(2,3)17-12(16)14-5-4-9-6-11(15)7-10(9)8-14/h9-11,15H,4-8H2,1-3H3/t9-,10-,11-/m1/s1. The van der Waals surface area contributed by atoms with E-state index in [1.807, 2.05) is 20.8 Å². The first-order valence-corrected chi connectivity index (χ1v) is 6.51. The summed E-state index contributed by atoms with van der Waals surface area (Å²) in [5, 5.41) is 9.64. The number of ether oxygens (including phenoxy) is 1. The smallest absolute Gasteiger partial charge is 0.410 e. The van der Waals surface area contributed by atoms with E-state index in [1.54, 1.807) is 4.90 Å². The van der Waals surface area contributed by atoms with Crippen LogP contribution in [-0.2, 0) is 4.74 Å². The summed E-state index contributed by atoms with van der Waals surface area (Å²) in [5.74, 6) is 1.06. The molecule has 1 saturated heterocycles. The number of hydrogen-bond acceptors (Lipinski definition) is 3. The number of aliphatic hydroxyl groups excluding tert-OH is 1. The van der Waals surface area contributed by atoms with Gasteiger partial charge in [-0.3, -0.25) is 0 Å². The normalized spacial score (nSPS) is 33.4. The van der Waals surface area contributed by atoms with Crippen molar-refractivity contribution >= 4 is 6.09 Å². The van der Waals surface area contributed by atoms with E-state index in [0.717, 1.165) is 32.4 Å². The van der Waals surface area contributed by atoms with Crippen molar-refractivity contribution in [2.45, 2.75) is 51.7 Å². The lowest BCUT2D eigenvalue weighted by Crippen LogP contribution is -2.44. The third kappa shape index (κ3) is 3.12. The van der Waals surface area contributed by atoms with Crippen LogP contribution in [0, 0.1) is 11.8 Å². The fourth-order valence-corrected chi connectivity index (χ4v) is 2.95. The number of piperidine rings is 1. The van der Waals surface area contributed by atoms with Crippen molar-refractivity contribution in [1.29, 1.82) is 0 Å². The second-order valence-electron chi connectivity index (χ2n) is 6.36. The molecule has 98 valence electrons. The van der Waals surface area contributed by atoms with Gasteiger partial charge in [0.1, 0.15) is 5.60 Å². The van der Waals surface area contributed by atoms with E-state index >= 15 is 0 Å². The molecule has 1 amide bonds. The van der Waals surface area contributed by atoms with Gasteiger partial charge in [-0.2, -0.15) is 0 Å². The Hall–Kier alpha value is -0.770. The molecule has 0 aromatic carbocycles. The summed E-state index contributed by atoms with van der Waals surface area (Å²) in [4.78, 5) is 13.7. The van der Waals surface area contributed by atoms with Crippen LogP contribution in [-0.4, -0.2) is 40.9 Å². The predicted molar refractivity (Wildman–Crippen MR) is 64.6 cm³/mol. The first-order chi connectivity index (χ1) is 7.85. The number of aliphatic hydroxyl groups is 1. The van der Waals surface area contributed by atoms with Crippen molar-refractivity contribution in [3.05, 3.63) is 0 Å². The van der Waals surface area contributed by atoms with Gasteiger partial charge >= 0.3 is 6.09 Å². The Labute approximate surface area is 103 Å². The average Bonchev–Trinajstić information content (AvgIpc) is 2.53. The van der Waals surface area contributed by atoms with Crippen LogP contribution >= 0.6 is 0 Å². The number of amides is 1. The monoisotopic (exact) mass is 241 g/mol. The summed E-state index contributed by atoms with van der Waals surface area (Å²) in [5.41, 5.74) is -0.427. The lowest BCUT2D eigenvalue weighted by molar-refractivity contribution is 0.0126. The molecule has 0 bridgehead atoms. The lowest BCUT2D eigenvalue weighted by Gasteiger charge is -2.35. The number of rotatable bonds is 0. The zero-order chi connectivity index (χ0) is 12.6. The summed E-state index contributed by atoms with van der Waals surface area (Å²) in [6.45, 7) is 7.17. The number of hydrogen-bond donors (Lipinski definition) is 1. The van der Waals surface area contributed by atoms with Crippen molar-refractivity contribution < 1.29 is 14.6 Å². The molecular weight excluding hydrogens is 218 g/mol. The highest BCUT2D eigenvalue weighted by Gasteiger charge is 2.39. The Kier molecular flexibility index (Phi) is 3.34. The summed E-state index contributed by atoms with van der Waals surface area (Å²) in [6, 6.07) is 0. The zero-order valence-electron chi connectivity index (χ0n) is 11.0. The second-order valence-corrected chi connectivity index (χ2v) is 6.36. The van der Waals surface area contributed by atoms with Gasteiger partial charge < -0.3 is 14.7 Å². The molecule has 2 aliphatic rings. The topological polar surface area (TPSA) is 49.8 Å². The molecule has 1 aliphatic carbocycles. The van der Waals surface area contributed by atoms with E-state index in [2.05, 4.69) is 0 Å². The number of carbonyl (C=O) groups is 1. The summed E-state index contributed by atoms with van der Waals surface area (Å²) < 4.78 is 5.38. The molecule has 0 aromatic heterocycles. The molecule has 2 fully saturated rings. The van der Waals surface area contributed by atoms with Crippen LogP contribution < -0.4 is 0 Å². The molecule has 2 rings (SSSR count). The van der Waals surface area contributed by atoms with E-state index < -0.39 is 5.60 Å². The summed E-state index contributed by atoms with van der Waals surface area (Å²) in [7, 11) is 0. The Balaban J connectivity index is 1.90. The molecule has 3 atom stereocenters. The predicted octanol–water partition coefficient (Wildman–Crippen LogP) is 2.01. The summed E-state index contributed by atoms with van der Waals surface area (Å²) >= 11 is 0. The minimum Gasteiger partial charge on any atom is -0.444 e. The van der Waals surface area contributed by atoms with E-state index in [9.17, 15) is 9.90 Å². The molecule has 0 unspecified atom stereocenters. The molecule has 0 aromatic rings. The van der Waals surface area contributed by atoms with Crippen LogP contribution in [0.15, 0.2) is 0 Å². The van der Waals surface area contributed by atoms with E-state index in [1.165, 1.54) is 0 Å². The maximum absolute atomic E-state index is 11.9. The molecule has 4 heteroatoms. The molecule has 4 nitrogen and oxygen atoms in total. The molecule has 1 N–H and O–H groups in total. The van der Waals surface area contributed by atoms with Gasteiger partial charge in [-0.25, -0.2) is 4.79 Å². The molecule has 0 spiro atoms.